The fourth-order valence-electron chi connectivity index (χ4n) is 2.88. The molecule has 0 atom stereocenters. The highest BCUT2D eigenvalue weighted by Crippen LogP contribution is 2.17. The second-order valence-electron chi connectivity index (χ2n) is 6.77. The van der Waals surface area contributed by atoms with E-state index in [9.17, 15) is 9.59 Å². The van der Waals surface area contributed by atoms with Crippen LogP contribution in [0.25, 0.3) is 0 Å². The molecule has 0 spiro atoms. The van der Waals surface area contributed by atoms with Gasteiger partial charge in [-0.2, -0.15) is 0 Å². The molecule has 1 heterocycles. The lowest BCUT2D eigenvalue weighted by molar-refractivity contribution is -0.116. The summed E-state index contributed by atoms with van der Waals surface area (Å²) < 4.78 is 10.8. The van der Waals surface area contributed by atoms with Crippen LogP contribution in [0.15, 0.2) is 53.9 Å². The molecule has 0 unspecified atom stereocenters. The summed E-state index contributed by atoms with van der Waals surface area (Å²) in [6, 6.07) is 13.9. The number of rotatable bonds is 9. The minimum Gasteiger partial charge on any atom is -0.497 e. The molecule has 1 N–H and O–H groups in total. The maximum absolute atomic E-state index is 12.8. The monoisotopic (exact) mass is 439 g/mol. The quantitative estimate of drug-likeness (QED) is 0.542. The Labute approximate surface area is 185 Å². The van der Waals surface area contributed by atoms with Gasteiger partial charge in [0, 0.05) is 23.2 Å². The molecule has 2 amide bonds. The third-order valence-electron chi connectivity index (χ3n) is 4.53. The second kappa shape index (κ2) is 10.6. The van der Waals surface area contributed by atoms with E-state index in [1.54, 1.807) is 67.0 Å². The van der Waals surface area contributed by atoms with Crippen LogP contribution in [-0.2, 0) is 11.4 Å². The van der Waals surface area contributed by atoms with Gasteiger partial charge in [-0.3, -0.25) is 9.59 Å². The minimum atomic E-state index is -0.265. The van der Waals surface area contributed by atoms with E-state index in [1.807, 2.05) is 19.2 Å². The molecule has 8 heteroatoms. The van der Waals surface area contributed by atoms with Gasteiger partial charge in [0.05, 0.1) is 17.8 Å². The number of anilines is 1. The van der Waals surface area contributed by atoms with Crippen molar-refractivity contribution in [1.82, 2.24) is 9.88 Å². The molecular formula is C23H25N3O4S. The van der Waals surface area contributed by atoms with Crippen LogP contribution >= 0.6 is 11.3 Å². The van der Waals surface area contributed by atoms with Gasteiger partial charge in [-0.1, -0.05) is 0 Å². The van der Waals surface area contributed by atoms with Crippen molar-refractivity contribution < 1.29 is 19.1 Å². The number of ether oxygens (including phenoxy) is 2. The van der Waals surface area contributed by atoms with Crippen molar-refractivity contribution in [1.29, 1.82) is 0 Å². The average Bonchev–Trinajstić information content (AvgIpc) is 3.21. The summed E-state index contributed by atoms with van der Waals surface area (Å²) in [5.41, 5.74) is 2.02. The molecule has 2 aromatic carbocycles. The third kappa shape index (κ3) is 6.29. The summed E-state index contributed by atoms with van der Waals surface area (Å²) in [6.45, 7) is 4.54. The van der Waals surface area contributed by atoms with E-state index in [2.05, 4.69) is 10.3 Å². The van der Waals surface area contributed by atoms with Gasteiger partial charge in [0.1, 0.15) is 24.7 Å². The molecule has 1 aromatic heterocycles. The number of carbonyl (C=O) groups is 2. The number of aryl methyl sites for hydroxylation is 1. The fraction of sp³-hybridized carbons (Fsp3) is 0.261. The van der Waals surface area contributed by atoms with Gasteiger partial charge in [0.15, 0.2) is 0 Å². The van der Waals surface area contributed by atoms with E-state index in [-0.39, 0.29) is 18.4 Å². The van der Waals surface area contributed by atoms with Crippen molar-refractivity contribution >= 4 is 28.8 Å². The molecule has 0 saturated carbocycles. The zero-order chi connectivity index (χ0) is 22.2. The Hall–Kier alpha value is -3.39. The Bertz CT molecular complexity index is 1020. The van der Waals surface area contributed by atoms with Crippen LogP contribution in [0, 0.1) is 6.92 Å². The van der Waals surface area contributed by atoms with Gasteiger partial charge in [-0.05, 0) is 62.4 Å². The molecule has 0 aliphatic heterocycles. The number of benzene rings is 2. The molecule has 31 heavy (non-hydrogen) atoms. The molecule has 3 rings (SSSR count). The number of likely N-dealkylation sites (N-methyl/N-ethyl adjacent to an activating group) is 1. The summed E-state index contributed by atoms with van der Waals surface area (Å²) in [7, 11) is 1.58. The number of amides is 2. The topological polar surface area (TPSA) is 80.8 Å². The number of carbonyl (C=O) groups excluding carboxylic acids is 2. The molecule has 0 bridgehead atoms. The van der Waals surface area contributed by atoms with Crippen molar-refractivity contribution in [2.45, 2.75) is 20.5 Å². The highest BCUT2D eigenvalue weighted by Gasteiger charge is 2.17. The normalized spacial score (nSPS) is 10.4. The van der Waals surface area contributed by atoms with Crippen molar-refractivity contribution in [2.75, 3.05) is 25.5 Å². The van der Waals surface area contributed by atoms with Gasteiger partial charge < -0.3 is 19.7 Å². The SMILES string of the molecule is CCN(CC(=O)Nc1ccc(OC)cc1)C(=O)c1ccc(OCc2csc(C)n2)cc1. The third-order valence-corrected chi connectivity index (χ3v) is 5.35. The molecule has 0 radical (unpaired) electrons. The predicted octanol–water partition coefficient (Wildman–Crippen LogP) is 4.14. The maximum Gasteiger partial charge on any atom is 0.254 e. The highest BCUT2D eigenvalue weighted by atomic mass is 32.1. The van der Waals surface area contributed by atoms with Crippen molar-refractivity contribution in [2.24, 2.45) is 0 Å². The molecule has 0 aliphatic carbocycles. The minimum absolute atomic E-state index is 0.0389. The first-order valence-corrected chi connectivity index (χ1v) is 10.7. The van der Waals surface area contributed by atoms with E-state index in [0.29, 0.717) is 35.9 Å². The molecule has 162 valence electrons. The van der Waals surface area contributed by atoms with Gasteiger partial charge in [-0.15, -0.1) is 11.3 Å². The lowest BCUT2D eigenvalue weighted by atomic mass is 10.2. The molecular weight excluding hydrogens is 414 g/mol. The first-order chi connectivity index (χ1) is 15.0. The number of nitrogens with zero attached hydrogens (tertiary/aromatic N) is 2. The second-order valence-corrected chi connectivity index (χ2v) is 7.83. The zero-order valence-electron chi connectivity index (χ0n) is 17.8. The molecule has 0 aliphatic rings. The van der Waals surface area contributed by atoms with Crippen molar-refractivity contribution in [3.63, 3.8) is 0 Å². The van der Waals surface area contributed by atoms with Gasteiger partial charge in [-0.25, -0.2) is 4.98 Å². The highest BCUT2D eigenvalue weighted by molar-refractivity contribution is 7.09. The Morgan fingerprint density at radius 2 is 1.74 bits per heavy atom. The Kier molecular flexibility index (Phi) is 7.61. The summed E-state index contributed by atoms with van der Waals surface area (Å²) in [6.07, 6.45) is 0. The van der Waals surface area contributed by atoms with Crippen LogP contribution in [-0.4, -0.2) is 41.9 Å². The number of methoxy groups -OCH3 is 1. The van der Waals surface area contributed by atoms with E-state index >= 15 is 0 Å². The first kappa shape index (κ1) is 22.3. The number of nitrogens with one attached hydrogen (secondary N) is 1. The number of hydrogen-bond donors (Lipinski definition) is 1. The van der Waals surface area contributed by atoms with Crippen LogP contribution in [0.5, 0.6) is 11.5 Å². The van der Waals surface area contributed by atoms with Gasteiger partial charge in [0.25, 0.3) is 5.91 Å². The molecule has 0 saturated heterocycles. The zero-order valence-corrected chi connectivity index (χ0v) is 18.6. The van der Waals surface area contributed by atoms with Gasteiger partial charge >= 0.3 is 0 Å². The Balaban J connectivity index is 1.55. The van der Waals surface area contributed by atoms with Crippen LogP contribution < -0.4 is 14.8 Å². The van der Waals surface area contributed by atoms with E-state index < -0.39 is 0 Å². The first-order valence-electron chi connectivity index (χ1n) is 9.85. The fourth-order valence-corrected chi connectivity index (χ4v) is 3.48. The number of aromatic nitrogens is 1. The predicted molar refractivity (Wildman–Crippen MR) is 121 cm³/mol. The largest absolute Gasteiger partial charge is 0.497 e. The molecule has 3 aromatic rings. The van der Waals surface area contributed by atoms with E-state index in [0.717, 1.165) is 10.7 Å². The molecule has 7 nitrogen and oxygen atoms in total. The summed E-state index contributed by atoms with van der Waals surface area (Å²) in [4.78, 5) is 31.1. The summed E-state index contributed by atoms with van der Waals surface area (Å²) >= 11 is 1.58. The Morgan fingerprint density at radius 3 is 2.32 bits per heavy atom. The van der Waals surface area contributed by atoms with E-state index in [4.69, 9.17) is 9.47 Å². The van der Waals surface area contributed by atoms with Crippen LogP contribution in [0.1, 0.15) is 28.0 Å². The van der Waals surface area contributed by atoms with Crippen molar-refractivity contribution in [3.8, 4) is 11.5 Å². The van der Waals surface area contributed by atoms with E-state index in [1.165, 1.54) is 4.90 Å². The number of hydrogen-bond acceptors (Lipinski definition) is 6. The summed E-state index contributed by atoms with van der Waals surface area (Å²) in [5, 5.41) is 5.75. The smallest absolute Gasteiger partial charge is 0.254 e. The van der Waals surface area contributed by atoms with Gasteiger partial charge in [0.2, 0.25) is 5.91 Å². The average molecular weight is 440 g/mol. The van der Waals surface area contributed by atoms with Crippen LogP contribution in [0.3, 0.4) is 0 Å². The van der Waals surface area contributed by atoms with Crippen molar-refractivity contribution in [3.05, 3.63) is 70.2 Å². The lowest BCUT2D eigenvalue weighted by Crippen LogP contribution is -2.37. The van der Waals surface area contributed by atoms with Crippen LogP contribution in [0.2, 0.25) is 0 Å². The number of thiazole rings is 1. The Morgan fingerprint density at radius 1 is 1.06 bits per heavy atom. The maximum atomic E-state index is 12.8. The standard InChI is InChI=1S/C23H25N3O4S/c1-4-26(13-22(27)25-18-7-11-20(29-3)12-8-18)23(28)17-5-9-21(10-6-17)30-14-19-15-31-16(2)24-19/h5-12,15H,4,13-14H2,1-3H3,(H,25,27). The molecule has 0 fully saturated rings. The van der Waals surface area contributed by atoms with Crippen LogP contribution in [0.4, 0.5) is 5.69 Å². The summed E-state index contributed by atoms with van der Waals surface area (Å²) in [5.74, 6) is 0.882. The lowest BCUT2D eigenvalue weighted by Gasteiger charge is -2.20.